The first-order valence-electron chi connectivity index (χ1n) is 24.8. The number of carboxylic acid groups (broad SMARTS) is 3. The fourth-order valence-corrected chi connectivity index (χ4v) is 8.45. The number of primary amides is 1. The van der Waals surface area contributed by atoms with E-state index in [1.807, 2.05) is 0 Å². The van der Waals surface area contributed by atoms with Gasteiger partial charge in [-0.2, -0.15) is 50.5 Å². The van der Waals surface area contributed by atoms with E-state index in [1.54, 1.807) is 30.5 Å². The molecule has 0 saturated carbocycles. The largest absolute Gasteiger partial charge is 0.481 e. The van der Waals surface area contributed by atoms with Crippen LogP contribution < -0.4 is 64.6 Å². The molecular formula is C47H69N13O17S4. The van der Waals surface area contributed by atoms with Gasteiger partial charge < -0.3 is 84.9 Å². The van der Waals surface area contributed by atoms with Crippen molar-refractivity contribution in [1.82, 2.24) is 58.2 Å². The van der Waals surface area contributed by atoms with Crippen molar-refractivity contribution in [2.75, 3.05) is 29.6 Å². The van der Waals surface area contributed by atoms with Crippen LogP contribution in [0, 0.1) is 0 Å². The molecule has 0 unspecified atom stereocenters. The van der Waals surface area contributed by atoms with Gasteiger partial charge in [-0.25, -0.2) is 0 Å². The van der Waals surface area contributed by atoms with E-state index in [-0.39, 0.29) is 24.3 Å². The van der Waals surface area contributed by atoms with Crippen molar-refractivity contribution in [3.63, 3.8) is 0 Å². The van der Waals surface area contributed by atoms with Crippen molar-refractivity contribution >= 4 is 144 Å². The maximum Gasteiger partial charge on any atom is 0.305 e. The minimum atomic E-state index is -2.04. The summed E-state index contributed by atoms with van der Waals surface area (Å²) in [6.45, 7) is 2.62. The summed E-state index contributed by atoms with van der Waals surface area (Å²) < 4.78 is 0. The monoisotopic (exact) mass is 1220 g/mol. The number of H-pyrrole nitrogens is 1. The number of aromatic amines is 1. The predicted molar refractivity (Wildman–Crippen MR) is 302 cm³/mol. The molecule has 1 heterocycles. The Labute approximate surface area is 485 Å². The summed E-state index contributed by atoms with van der Waals surface area (Å²) in [4.78, 5) is 183. The number of para-hydroxylation sites is 1. The third-order valence-corrected chi connectivity index (χ3v) is 13.2. The minimum Gasteiger partial charge on any atom is -0.481 e. The molecule has 18 N–H and O–H groups in total. The number of aliphatic carboxylic acids is 3. The third kappa shape index (κ3) is 24.1. The number of carboxylic acids is 3. The fraction of sp³-hybridized carbons (Fsp3) is 0.532. The Balaban J connectivity index is 2.20. The second-order valence-corrected chi connectivity index (χ2v) is 19.5. The number of aromatic nitrogens is 1. The van der Waals surface area contributed by atoms with Gasteiger partial charge in [0.15, 0.2) is 0 Å². The number of fused-ring (bicyclic) bond motifs is 1. The van der Waals surface area contributed by atoms with Crippen LogP contribution in [0.5, 0.6) is 0 Å². The smallest absolute Gasteiger partial charge is 0.305 e. The van der Waals surface area contributed by atoms with Gasteiger partial charge in [0.1, 0.15) is 60.4 Å². The van der Waals surface area contributed by atoms with Crippen molar-refractivity contribution in [1.29, 1.82) is 0 Å². The van der Waals surface area contributed by atoms with Crippen LogP contribution in [0.2, 0.25) is 0 Å². The molecule has 448 valence electrons. The molecule has 0 radical (unpaired) electrons. The summed E-state index contributed by atoms with van der Waals surface area (Å²) in [5.74, 6) is -17.6. The van der Waals surface area contributed by atoms with Crippen LogP contribution in [0.15, 0.2) is 30.5 Å². The summed E-state index contributed by atoms with van der Waals surface area (Å²) in [5.41, 5.74) is 12.2. The number of benzene rings is 1. The standard InChI is InChI=1S/C47H69N13O17S4/c1-21(39(69)57-31(17-78)46(76)59-32(18-79)44(74)53-26(38(49)68)9-5-6-12-48)51-40(70)27(10-11-35(62)63)54-42(72)29(14-36(64)65)56-45(75)33(19-80)60-47(77)34(20-81)58-43(73)30(15-37(66)67)55-41(71)28(52-22(2)61)13-23-16-50-25-8-4-3-7-24(23)25/h3-4,7-8,16,21,26-34,50,78-81H,5-6,9-15,17-20,48H2,1-2H3,(H2,49,68)(H,51,70)(H,52,61)(H,53,74)(H,54,72)(H,55,71)(H,56,75)(H,57,69)(H,58,73)(H,59,76)(H,60,77)(H,62,63)(H,64,65)(H,66,67)/t21-,26-,27-,28-,29-,30-,31-,32-,33-,34-/m0/s1. The molecule has 0 aliphatic heterocycles. The average Bonchev–Trinajstić information content (AvgIpc) is 3.87. The summed E-state index contributed by atoms with van der Waals surface area (Å²) in [6, 6.07) is -8.68. The maximum absolute atomic E-state index is 13.6. The molecule has 0 aliphatic rings. The normalized spacial score (nSPS) is 14.7. The van der Waals surface area contributed by atoms with E-state index in [9.17, 15) is 82.4 Å². The van der Waals surface area contributed by atoms with E-state index < -0.39 is 180 Å². The van der Waals surface area contributed by atoms with Gasteiger partial charge in [0.25, 0.3) is 0 Å². The zero-order chi connectivity index (χ0) is 61.1. The molecule has 10 atom stereocenters. The van der Waals surface area contributed by atoms with Crippen LogP contribution in [0.3, 0.4) is 0 Å². The molecule has 2 aromatic rings. The molecule has 0 saturated heterocycles. The number of amides is 11. The van der Waals surface area contributed by atoms with Crippen LogP contribution >= 0.6 is 50.5 Å². The van der Waals surface area contributed by atoms with E-state index in [2.05, 4.69) is 109 Å². The van der Waals surface area contributed by atoms with Gasteiger partial charge in [0.05, 0.1) is 12.8 Å². The first-order valence-corrected chi connectivity index (χ1v) is 27.4. The Bertz CT molecular complexity index is 2610. The van der Waals surface area contributed by atoms with Crippen molar-refractivity contribution in [3.05, 3.63) is 36.0 Å². The molecule has 0 bridgehead atoms. The quantitative estimate of drug-likeness (QED) is 0.0222. The van der Waals surface area contributed by atoms with Crippen molar-refractivity contribution in [3.8, 4) is 0 Å². The fourth-order valence-electron chi connectivity index (χ4n) is 7.42. The molecule has 81 heavy (non-hydrogen) atoms. The molecule has 30 nitrogen and oxygen atoms in total. The highest BCUT2D eigenvalue weighted by Crippen LogP contribution is 2.19. The number of rotatable bonds is 37. The van der Waals surface area contributed by atoms with Crippen LogP contribution in [-0.2, 0) is 73.5 Å². The van der Waals surface area contributed by atoms with Gasteiger partial charge in [-0.1, -0.05) is 18.2 Å². The highest BCUT2D eigenvalue weighted by molar-refractivity contribution is 7.80. The van der Waals surface area contributed by atoms with E-state index in [4.69, 9.17) is 11.5 Å². The van der Waals surface area contributed by atoms with Crippen LogP contribution in [0.4, 0.5) is 0 Å². The zero-order valence-electron chi connectivity index (χ0n) is 43.9. The number of hydrogen-bond donors (Lipinski definition) is 20. The van der Waals surface area contributed by atoms with E-state index in [0.717, 1.165) is 24.8 Å². The minimum absolute atomic E-state index is 0.0890. The second kappa shape index (κ2) is 35.4. The molecule has 0 spiro atoms. The average molecular weight is 1220 g/mol. The number of unbranched alkanes of at least 4 members (excludes halogenated alkanes) is 1. The molecule has 1 aromatic heterocycles. The number of carbonyl (C=O) groups excluding carboxylic acids is 11. The van der Waals surface area contributed by atoms with E-state index >= 15 is 0 Å². The number of hydrogen-bond acceptors (Lipinski definition) is 19. The Morgan fingerprint density at radius 1 is 0.494 bits per heavy atom. The summed E-state index contributed by atoms with van der Waals surface area (Å²) in [5, 5.41) is 52.3. The SMILES string of the molecule is CC(=O)N[C@@H](Cc1c[nH]c2ccccc12)C(=O)N[C@@H](CC(=O)O)C(=O)N[C@@H](CS)C(=O)N[C@@H](CS)C(=O)N[C@@H](CC(=O)O)C(=O)N[C@@H](CCC(=O)O)C(=O)N[C@@H](C)C(=O)N[C@@H](CS)C(=O)N[C@@H](CS)C(=O)N[C@@H](CCCCN)C(N)=O. The van der Waals surface area contributed by atoms with Crippen molar-refractivity contribution in [2.45, 2.75) is 126 Å². The summed E-state index contributed by atoms with van der Waals surface area (Å²) in [6.07, 6.45) is -0.887. The van der Waals surface area contributed by atoms with Gasteiger partial charge in [-0.15, -0.1) is 0 Å². The second-order valence-electron chi connectivity index (χ2n) is 18.1. The van der Waals surface area contributed by atoms with Gasteiger partial charge in [-0.05, 0) is 50.8 Å². The molecule has 1 aromatic carbocycles. The summed E-state index contributed by atoms with van der Waals surface area (Å²) in [7, 11) is 0. The molecule has 11 amide bonds. The molecule has 0 aliphatic carbocycles. The molecule has 2 rings (SSSR count). The van der Waals surface area contributed by atoms with Gasteiger partial charge >= 0.3 is 17.9 Å². The first kappa shape index (κ1) is 69.8. The number of nitrogens with two attached hydrogens (primary N) is 2. The highest BCUT2D eigenvalue weighted by atomic mass is 32.1. The van der Waals surface area contributed by atoms with Crippen LogP contribution in [0.1, 0.15) is 64.4 Å². The predicted octanol–water partition coefficient (Wildman–Crippen LogP) is -5.25. The lowest BCUT2D eigenvalue weighted by atomic mass is 10.0. The van der Waals surface area contributed by atoms with Gasteiger partial charge in [0, 0.05) is 59.9 Å². The van der Waals surface area contributed by atoms with Crippen molar-refractivity contribution < 1.29 is 82.4 Å². The number of thiol groups is 4. The van der Waals surface area contributed by atoms with E-state index in [1.165, 1.54) is 0 Å². The Hall–Kier alpha value is -7.30. The van der Waals surface area contributed by atoms with E-state index in [0.29, 0.717) is 24.9 Å². The highest BCUT2D eigenvalue weighted by Gasteiger charge is 2.36. The Morgan fingerprint density at radius 2 is 0.889 bits per heavy atom. The van der Waals surface area contributed by atoms with Crippen molar-refractivity contribution in [2.24, 2.45) is 11.5 Å². The molecular weight excluding hydrogens is 1150 g/mol. The zero-order valence-corrected chi connectivity index (χ0v) is 47.4. The number of nitrogens with one attached hydrogen (secondary N) is 11. The first-order chi connectivity index (χ1) is 38.2. The lowest BCUT2D eigenvalue weighted by Crippen LogP contribution is -2.61. The molecule has 0 fully saturated rings. The molecule has 34 heteroatoms. The van der Waals surface area contributed by atoms with Gasteiger partial charge in [-0.3, -0.25) is 67.1 Å². The van der Waals surface area contributed by atoms with Crippen LogP contribution in [0.25, 0.3) is 10.9 Å². The third-order valence-electron chi connectivity index (χ3n) is 11.7. The summed E-state index contributed by atoms with van der Waals surface area (Å²) >= 11 is 16.3. The Morgan fingerprint density at radius 3 is 1.31 bits per heavy atom. The lowest BCUT2D eigenvalue weighted by Gasteiger charge is -2.26. The number of carbonyl (C=O) groups is 14. The Kier molecular flexibility index (Phi) is 30.5. The topological polar surface area (TPSA) is 488 Å². The maximum atomic E-state index is 13.6. The van der Waals surface area contributed by atoms with Gasteiger partial charge in [0.2, 0.25) is 65.0 Å². The lowest BCUT2D eigenvalue weighted by molar-refractivity contribution is -0.142. The van der Waals surface area contributed by atoms with Crippen LogP contribution in [-0.4, -0.2) is 193 Å².